The predicted octanol–water partition coefficient (Wildman–Crippen LogP) is 3.59. The largest absolute Gasteiger partial charge is 0.416 e. The number of hydrogen-bond acceptors (Lipinski definition) is 3. The molecule has 7 heteroatoms. The van der Waals surface area contributed by atoms with E-state index in [1.807, 2.05) is 0 Å². The fourth-order valence-corrected chi connectivity index (χ4v) is 2.98. The first-order valence-electron chi connectivity index (χ1n) is 6.10. The predicted molar refractivity (Wildman–Crippen MR) is 75.4 cm³/mol. The lowest BCUT2D eigenvalue weighted by Gasteiger charge is -2.12. The van der Waals surface area contributed by atoms with Gasteiger partial charge in [-0.05, 0) is 29.8 Å². The minimum absolute atomic E-state index is 0.0259. The van der Waals surface area contributed by atoms with E-state index < -0.39 is 21.6 Å². The molecule has 22 heavy (non-hydrogen) atoms. The summed E-state index contributed by atoms with van der Waals surface area (Å²) in [5, 5.41) is 0. The van der Waals surface area contributed by atoms with Crippen molar-refractivity contribution in [3.05, 3.63) is 53.6 Å². The van der Waals surface area contributed by atoms with Crippen molar-refractivity contribution in [1.29, 1.82) is 0 Å². The van der Waals surface area contributed by atoms with Gasteiger partial charge in [0.2, 0.25) is 0 Å². The van der Waals surface area contributed by atoms with Crippen LogP contribution in [0.3, 0.4) is 0 Å². The third-order valence-corrected chi connectivity index (χ3v) is 4.17. The molecule has 0 amide bonds. The second kappa shape index (κ2) is 5.57. The number of aldehydes is 1. The molecule has 2 aromatic carbocycles. The van der Waals surface area contributed by atoms with Crippen LogP contribution >= 0.6 is 0 Å². The van der Waals surface area contributed by atoms with Crippen molar-refractivity contribution in [3.63, 3.8) is 0 Å². The summed E-state index contributed by atoms with van der Waals surface area (Å²) in [5.74, 6) is 0. The van der Waals surface area contributed by atoms with Crippen molar-refractivity contribution in [3.8, 4) is 11.1 Å². The van der Waals surface area contributed by atoms with E-state index in [2.05, 4.69) is 0 Å². The second-order valence-electron chi connectivity index (χ2n) is 4.73. The Bertz CT molecular complexity index is 824. The van der Waals surface area contributed by atoms with Gasteiger partial charge in [0.05, 0.1) is 10.5 Å². The van der Waals surface area contributed by atoms with Crippen LogP contribution in [0.15, 0.2) is 47.4 Å². The number of hydrogen-bond donors (Lipinski definition) is 0. The maximum absolute atomic E-state index is 12.9. The molecule has 0 aliphatic carbocycles. The maximum Gasteiger partial charge on any atom is 0.416 e. The molecule has 0 unspecified atom stereocenters. The molecule has 0 heterocycles. The lowest BCUT2D eigenvalue weighted by Crippen LogP contribution is -2.07. The molecule has 0 aromatic heterocycles. The van der Waals surface area contributed by atoms with Gasteiger partial charge in [0.15, 0.2) is 9.84 Å². The maximum atomic E-state index is 12.9. The molecule has 0 saturated carbocycles. The molecule has 0 saturated heterocycles. The van der Waals surface area contributed by atoms with Crippen LogP contribution < -0.4 is 0 Å². The number of benzene rings is 2. The highest BCUT2D eigenvalue weighted by Crippen LogP contribution is 2.35. The topological polar surface area (TPSA) is 51.2 Å². The molecular formula is C15H11F3O3S. The number of halogens is 3. The fraction of sp³-hybridized carbons (Fsp3) is 0.133. The molecule has 0 radical (unpaired) electrons. The summed E-state index contributed by atoms with van der Waals surface area (Å²) in [6.45, 7) is 0. The van der Waals surface area contributed by atoms with Crippen molar-refractivity contribution in [1.82, 2.24) is 0 Å². The highest BCUT2D eigenvalue weighted by Gasteiger charge is 2.31. The highest BCUT2D eigenvalue weighted by molar-refractivity contribution is 7.90. The van der Waals surface area contributed by atoms with Gasteiger partial charge in [-0.1, -0.05) is 18.2 Å². The van der Waals surface area contributed by atoms with E-state index in [1.54, 1.807) is 0 Å². The molecule has 116 valence electrons. The van der Waals surface area contributed by atoms with Crippen LogP contribution in [-0.4, -0.2) is 21.0 Å². The first kappa shape index (κ1) is 16.2. The van der Waals surface area contributed by atoms with Crippen molar-refractivity contribution >= 4 is 16.1 Å². The van der Waals surface area contributed by atoms with E-state index in [0.29, 0.717) is 6.29 Å². The first-order chi connectivity index (χ1) is 10.1. The van der Waals surface area contributed by atoms with Gasteiger partial charge in [-0.25, -0.2) is 8.42 Å². The average Bonchev–Trinajstić information content (AvgIpc) is 2.45. The Morgan fingerprint density at radius 2 is 1.68 bits per heavy atom. The highest BCUT2D eigenvalue weighted by atomic mass is 32.2. The van der Waals surface area contributed by atoms with Crippen LogP contribution in [0.25, 0.3) is 11.1 Å². The molecule has 0 fully saturated rings. The molecule has 0 N–H and O–H groups in total. The zero-order valence-electron chi connectivity index (χ0n) is 11.4. The van der Waals surface area contributed by atoms with Gasteiger partial charge in [0.1, 0.15) is 6.29 Å². The van der Waals surface area contributed by atoms with Crippen molar-refractivity contribution in [2.45, 2.75) is 11.1 Å². The number of alkyl halides is 3. The van der Waals surface area contributed by atoms with Crippen LogP contribution in [0.5, 0.6) is 0 Å². The normalized spacial score (nSPS) is 12.2. The Balaban J connectivity index is 2.76. The third kappa shape index (κ3) is 3.36. The standard InChI is InChI=1S/C15H11F3O3S/c1-22(20,21)14-5-3-2-4-13(14)11-6-10(9-19)7-12(8-11)15(16,17)18/h2-9H,1H3. The molecule has 0 aliphatic heterocycles. The summed E-state index contributed by atoms with van der Waals surface area (Å²) in [4.78, 5) is 10.8. The second-order valence-corrected chi connectivity index (χ2v) is 6.71. The molecule has 3 nitrogen and oxygen atoms in total. The monoisotopic (exact) mass is 328 g/mol. The molecule has 0 atom stereocenters. The Morgan fingerprint density at radius 3 is 2.23 bits per heavy atom. The van der Waals surface area contributed by atoms with E-state index in [9.17, 15) is 26.4 Å². The Hall–Kier alpha value is -2.15. The zero-order chi connectivity index (χ0) is 16.5. The number of carbonyl (C=O) groups excluding carboxylic acids is 1. The lowest BCUT2D eigenvalue weighted by atomic mass is 10.00. The van der Waals surface area contributed by atoms with Crippen LogP contribution in [0.1, 0.15) is 15.9 Å². The van der Waals surface area contributed by atoms with Gasteiger partial charge >= 0.3 is 6.18 Å². The van der Waals surface area contributed by atoms with Crippen LogP contribution in [0.4, 0.5) is 13.2 Å². The summed E-state index contributed by atoms with van der Waals surface area (Å²) in [6.07, 6.45) is -3.37. The summed E-state index contributed by atoms with van der Waals surface area (Å²) in [6, 6.07) is 8.49. The van der Waals surface area contributed by atoms with Crippen molar-refractivity contribution in [2.24, 2.45) is 0 Å². The molecule has 2 aromatic rings. The van der Waals surface area contributed by atoms with Crippen molar-refractivity contribution in [2.75, 3.05) is 6.26 Å². The number of carbonyl (C=O) groups is 1. The molecule has 2 rings (SSSR count). The van der Waals surface area contributed by atoms with Gasteiger partial charge in [-0.15, -0.1) is 0 Å². The molecule has 0 spiro atoms. The first-order valence-corrected chi connectivity index (χ1v) is 7.99. The fourth-order valence-electron chi connectivity index (χ4n) is 2.07. The minimum atomic E-state index is -4.63. The van der Waals surface area contributed by atoms with Crippen LogP contribution in [0.2, 0.25) is 0 Å². The average molecular weight is 328 g/mol. The van der Waals surface area contributed by atoms with Gasteiger partial charge in [-0.3, -0.25) is 4.79 Å². The summed E-state index contributed by atoms with van der Waals surface area (Å²) < 4.78 is 62.2. The Kier molecular flexibility index (Phi) is 4.10. The van der Waals surface area contributed by atoms with E-state index >= 15 is 0 Å². The van der Waals surface area contributed by atoms with E-state index in [-0.39, 0.29) is 21.6 Å². The van der Waals surface area contributed by atoms with Crippen LogP contribution in [-0.2, 0) is 16.0 Å². The van der Waals surface area contributed by atoms with Gasteiger partial charge in [0, 0.05) is 17.4 Å². The molecular weight excluding hydrogens is 317 g/mol. The summed E-state index contributed by atoms with van der Waals surface area (Å²) in [7, 11) is -3.62. The molecule has 0 bridgehead atoms. The Morgan fingerprint density at radius 1 is 1.05 bits per heavy atom. The smallest absolute Gasteiger partial charge is 0.298 e. The third-order valence-electron chi connectivity index (χ3n) is 3.02. The van der Waals surface area contributed by atoms with E-state index in [1.165, 1.54) is 30.3 Å². The Labute approximate surface area is 125 Å². The van der Waals surface area contributed by atoms with Crippen LogP contribution in [0, 0.1) is 0 Å². The number of rotatable bonds is 3. The summed E-state index contributed by atoms with van der Waals surface area (Å²) >= 11 is 0. The van der Waals surface area contributed by atoms with E-state index in [0.717, 1.165) is 18.4 Å². The van der Waals surface area contributed by atoms with Crippen molar-refractivity contribution < 1.29 is 26.4 Å². The quantitative estimate of drug-likeness (QED) is 0.809. The van der Waals surface area contributed by atoms with Gasteiger partial charge in [0.25, 0.3) is 0 Å². The van der Waals surface area contributed by atoms with E-state index in [4.69, 9.17) is 0 Å². The van der Waals surface area contributed by atoms with Gasteiger partial charge in [-0.2, -0.15) is 13.2 Å². The van der Waals surface area contributed by atoms with Gasteiger partial charge < -0.3 is 0 Å². The minimum Gasteiger partial charge on any atom is -0.298 e. The lowest BCUT2D eigenvalue weighted by molar-refractivity contribution is -0.137. The summed E-state index contributed by atoms with van der Waals surface area (Å²) in [5.41, 5.74) is -1.03. The zero-order valence-corrected chi connectivity index (χ0v) is 12.2. The number of sulfone groups is 1. The molecule has 0 aliphatic rings. The SMILES string of the molecule is CS(=O)(=O)c1ccccc1-c1cc(C=O)cc(C(F)(F)F)c1.